The Morgan fingerprint density at radius 2 is 2.28 bits per heavy atom. The van der Waals surface area contributed by atoms with E-state index in [2.05, 4.69) is 10.4 Å². The van der Waals surface area contributed by atoms with Crippen LogP contribution >= 0.6 is 0 Å². The normalized spacial score (nSPS) is 18.8. The number of aliphatic hydroxyl groups excluding tert-OH is 1. The molecule has 1 saturated carbocycles. The first kappa shape index (κ1) is 13.4. The molecule has 2 rings (SSSR count). The van der Waals surface area contributed by atoms with Crippen LogP contribution in [0.15, 0.2) is 12.4 Å². The Hall–Kier alpha value is -1.07. The number of ether oxygens (including phenoxy) is 1. The summed E-state index contributed by atoms with van der Waals surface area (Å²) < 4.78 is 7.46. The number of nitrogens with one attached hydrogen (secondary N) is 1. The molecule has 102 valence electrons. The van der Waals surface area contributed by atoms with E-state index in [0.29, 0.717) is 19.3 Å². The average molecular weight is 253 g/mol. The van der Waals surface area contributed by atoms with E-state index >= 15 is 0 Å². The Morgan fingerprint density at radius 3 is 2.94 bits per heavy atom. The summed E-state index contributed by atoms with van der Waals surface area (Å²) in [4.78, 5) is 0. The van der Waals surface area contributed by atoms with Gasteiger partial charge in [0.1, 0.15) is 0 Å². The second-order valence-electron chi connectivity index (χ2n) is 5.03. The Balaban J connectivity index is 1.61. The van der Waals surface area contributed by atoms with Gasteiger partial charge in [0.15, 0.2) is 0 Å². The van der Waals surface area contributed by atoms with Crippen molar-refractivity contribution in [3.8, 4) is 0 Å². The van der Waals surface area contributed by atoms with E-state index in [1.54, 1.807) is 10.9 Å². The molecule has 1 atom stereocenters. The van der Waals surface area contributed by atoms with Gasteiger partial charge in [-0.05, 0) is 12.8 Å². The van der Waals surface area contributed by atoms with Crippen molar-refractivity contribution in [3.63, 3.8) is 0 Å². The second-order valence-corrected chi connectivity index (χ2v) is 5.03. The summed E-state index contributed by atoms with van der Waals surface area (Å²) in [5.41, 5.74) is 0.925. The lowest BCUT2D eigenvalue weighted by atomic mass is 9.98. The molecule has 0 radical (unpaired) electrons. The highest BCUT2D eigenvalue weighted by molar-refractivity contribution is 5.37. The van der Waals surface area contributed by atoms with Crippen LogP contribution in [0.3, 0.4) is 0 Å². The van der Waals surface area contributed by atoms with Crippen molar-refractivity contribution < 1.29 is 9.84 Å². The summed E-state index contributed by atoms with van der Waals surface area (Å²) in [6.07, 6.45) is 9.64. The van der Waals surface area contributed by atoms with Crippen LogP contribution < -0.4 is 5.32 Å². The predicted octanol–water partition coefficient (Wildman–Crippen LogP) is 1.54. The summed E-state index contributed by atoms with van der Waals surface area (Å²) >= 11 is 0. The van der Waals surface area contributed by atoms with Gasteiger partial charge >= 0.3 is 0 Å². The van der Waals surface area contributed by atoms with E-state index in [4.69, 9.17) is 4.74 Å². The molecule has 0 amide bonds. The molecule has 1 fully saturated rings. The van der Waals surface area contributed by atoms with Crippen molar-refractivity contribution in [1.29, 1.82) is 0 Å². The molecule has 1 aliphatic rings. The first-order valence-corrected chi connectivity index (χ1v) is 6.76. The van der Waals surface area contributed by atoms with E-state index in [1.807, 2.05) is 13.2 Å². The predicted molar refractivity (Wildman–Crippen MR) is 70.5 cm³/mol. The summed E-state index contributed by atoms with van der Waals surface area (Å²) in [7, 11) is 1.87. The van der Waals surface area contributed by atoms with Crippen LogP contribution in [0.25, 0.3) is 0 Å². The lowest BCUT2D eigenvalue weighted by Crippen LogP contribution is -2.28. The van der Waals surface area contributed by atoms with Gasteiger partial charge in [0, 0.05) is 19.8 Å². The van der Waals surface area contributed by atoms with Crippen LogP contribution in [0.2, 0.25) is 0 Å². The molecule has 5 nitrogen and oxygen atoms in total. The van der Waals surface area contributed by atoms with Crippen molar-refractivity contribution in [2.45, 2.75) is 44.3 Å². The smallest absolute Gasteiger partial charge is 0.0945 e. The van der Waals surface area contributed by atoms with Crippen LogP contribution in [0.4, 0.5) is 5.69 Å². The molecule has 0 saturated heterocycles. The number of aliphatic hydroxyl groups is 1. The maximum atomic E-state index is 9.83. The van der Waals surface area contributed by atoms with Gasteiger partial charge in [-0.2, -0.15) is 5.10 Å². The monoisotopic (exact) mass is 253 g/mol. The Morgan fingerprint density at radius 1 is 1.50 bits per heavy atom. The molecular weight excluding hydrogens is 230 g/mol. The van der Waals surface area contributed by atoms with Gasteiger partial charge in [0.2, 0.25) is 0 Å². The van der Waals surface area contributed by atoms with Crippen LogP contribution in [-0.4, -0.2) is 40.2 Å². The Kier molecular flexibility index (Phi) is 5.01. The standard InChI is InChI=1S/C13H23N3O2/c1-16-9-11(7-15-16)14-8-12(17)10-18-13-5-3-2-4-6-13/h7,9,12-14,17H,2-6,8,10H2,1H3. The minimum Gasteiger partial charge on any atom is -0.389 e. The maximum Gasteiger partial charge on any atom is 0.0945 e. The van der Waals surface area contributed by atoms with E-state index in [-0.39, 0.29) is 0 Å². The van der Waals surface area contributed by atoms with Gasteiger partial charge in [-0.1, -0.05) is 19.3 Å². The van der Waals surface area contributed by atoms with Crippen LogP contribution in [0, 0.1) is 0 Å². The minimum atomic E-state index is -0.466. The number of hydrogen-bond donors (Lipinski definition) is 2. The SMILES string of the molecule is Cn1cc(NCC(O)COC2CCCCC2)cn1. The van der Waals surface area contributed by atoms with E-state index < -0.39 is 6.10 Å². The highest BCUT2D eigenvalue weighted by Crippen LogP contribution is 2.20. The van der Waals surface area contributed by atoms with Gasteiger partial charge in [-0.3, -0.25) is 4.68 Å². The van der Waals surface area contributed by atoms with Gasteiger partial charge in [0.05, 0.1) is 30.7 Å². The number of aryl methyl sites for hydroxylation is 1. The van der Waals surface area contributed by atoms with Crippen molar-refractivity contribution in [1.82, 2.24) is 9.78 Å². The molecule has 0 bridgehead atoms. The van der Waals surface area contributed by atoms with Gasteiger partial charge in [-0.15, -0.1) is 0 Å². The Labute approximate surface area is 108 Å². The zero-order valence-corrected chi connectivity index (χ0v) is 11.0. The first-order chi connectivity index (χ1) is 8.74. The molecule has 2 N–H and O–H groups in total. The quantitative estimate of drug-likeness (QED) is 0.807. The third kappa shape index (κ3) is 4.31. The lowest BCUT2D eigenvalue weighted by molar-refractivity contribution is -0.0195. The molecule has 18 heavy (non-hydrogen) atoms. The summed E-state index contributed by atoms with van der Waals surface area (Å²) in [6.45, 7) is 0.913. The number of nitrogens with zero attached hydrogens (tertiary/aromatic N) is 2. The number of aromatic nitrogens is 2. The molecule has 1 aliphatic carbocycles. The molecule has 5 heteroatoms. The highest BCUT2D eigenvalue weighted by atomic mass is 16.5. The van der Waals surface area contributed by atoms with Crippen LogP contribution in [-0.2, 0) is 11.8 Å². The molecule has 0 aliphatic heterocycles. The molecule has 1 heterocycles. The van der Waals surface area contributed by atoms with Crippen molar-refractivity contribution in [2.24, 2.45) is 7.05 Å². The van der Waals surface area contributed by atoms with Crippen molar-refractivity contribution in [2.75, 3.05) is 18.5 Å². The zero-order valence-electron chi connectivity index (χ0n) is 11.0. The number of hydrogen-bond acceptors (Lipinski definition) is 4. The maximum absolute atomic E-state index is 9.83. The third-order valence-corrected chi connectivity index (χ3v) is 3.32. The molecule has 0 spiro atoms. The largest absolute Gasteiger partial charge is 0.389 e. The molecule has 1 aromatic rings. The number of rotatable bonds is 6. The van der Waals surface area contributed by atoms with Crippen molar-refractivity contribution in [3.05, 3.63) is 12.4 Å². The molecule has 1 unspecified atom stereocenters. The fourth-order valence-corrected chi connectivity index (χ4v) is 2.29. The highest BCUT2D eigenvalue weighted by Gasteiger charge is 2.15. The van der Waals surface area contributed by atoms with E-state index in [0.717, 1.165) is 18.5 Å². The van der Waals surface area contributed by atoms with Crippen molar-refractivity contribution >= 4 is 5.69 Å². The van der Waals surface area contributed by atoms with E-state index in [1.165, 1.54) is 19.3 Å². The fourth-order valence-electron chi connectivity index (χ4n) is 2.29. The van der Waals surface area contributed by atoms with Gasteiger partial charge in [0.25, 0.3) is 0 Å². The van der Waals surface area contributed by atoms with Gasteiger partial charge in [-0.25, -0.2) is 0 Å². The lowest BCUT2D eigenvalue weighted by Gasteiger charge is -2.23. The fraction of sp³-hybridized carbons (Fsp3) is 0.769. The van der Waals surface area contributed by atoms with Gasteiger partial charge < -0.3 is 15.2 Å². The van der Waals surface area contributed by atoms with E-state index in [9.17, 15) is 5.11 Å². The summed E-state index contributed by atoms with van der Waals surface area (Å²) in [5.74, 6) is 0. The second kappa shape index (κ2) is 6.75. The zero-order chi connectivity index (χ0) is 12.8. The minimum absolute atomic E-state index is 0.354. The molecule has 1 aromatic heterocycles. The third-order valence-electron chi connectivity index (χ3n) is 3.32. The molecular formula is C13H23N3O2. The Bertz CT molecular complexity index is 348. The summed E-state index contributed by atoms with van der Waals surface area (Å²) in [6, 6.07) is 0. The molecule has 0 aromatic carbocycles. The summed E-state index contributed by atoms with van der Waals surface area (Å²) in [5, 5.41) is 17.0. The van der Waals surface area contributed by atoms with Crippen LogP contribution in [0.5, 0.6) is 0 Å². The number of anilines is 1. The van der Waals surface area contributed by atoms with Crippen LogP contribution in [0.1, 0.15) is 32.1 Å². The topological polar surface area (TPSA) is 59.3 Å². The average Bonchev–Trinajstić information content (AvgIpc) is 2.81. The first-order valence-electron chi connectivity index (χ1n) is 6.76.